The highest BCUT2D eigenvalue weighted by molar-refractivity contribution is 6.02. The number of β-amino-alcohol motifs (C(OH)–C–C–N with tert-alkyl or cyclic N) is 1. The molecule has 230 valence electrons. The number of pyridine rings is 1. The van der Waals surface area contributed by atoms with Gasteiger partial charge in [0.05, 0.1) is 16.5 Å². The molecule has 0 unspecified atom stereocenters. The fourth-order valence-electron chi connectivity index (χ4n) is 7.93. The number of hydrogen-bond donors (Lipinski definition) is 2. The first-order chi connectivity index (χ1) is 21.2. The molecule has 44 heavy (non-hydrogen) atoms. The normalized spacial score (nSPS) is 27.4. The molecule has 10 heteroatoms. The standard InChI is InChI=1S/C34H37F2N5O3/c1-33(43)9-3-11-40(18-33)31-26-16-37-29(25-14-23(42)13-21-5-2-6-24(27(21)25)20-7-8-20)28(36)30(26)38-32(39-31)44-19-34-10-4-12-41(34)17-22(35)15-34/h2,5-6,13-14,16,20,22,42-43H,3-4,7-12,15,17-19H2,1H3/t22-,33-,34+/m1/s1. The van der Waals surface area contributed by atoms with Gasteiger partial charge in [-0.2, -0.15) is 9.97 Å². The van der Waals surface area contributed by atoms with Crippen LogP contribution in [0.2, 0.25) is 0 Å². The van der Waals surface area contributed by atoms with Crippen LogP contribution in [0.1, 0.15) is 63.4 Å². The highest BCUT2D eigenvalue weighted by Crippen LogP contribution is 2.47. The van der Waals surface area contributed by atoms with Crippen LogP contribution in [0.15, 0.2) is 36.5 Å². The number of halogens is 2. The van der Waals surface area contributed by atoms with Gasteiger partial charge in [0.15, 0.2) is 5.82 Å². The number of alkyl halides is 1. The number of ether oxygens (including phenoxy) is 1. The average Bonchev–Trinajstić information content (AvgIpc) is 3.69. The van der Waals surface area contributed by atoms with Crippen molar-refractivity contribution in [2.24, 2.45) is 0 Å². The topological polar surface area (TPSA) is 94.8 Å². The molecule has 0 spiro atoms. The Morgan fingerprint density at radius 3 is 2.77 bits per heavy atom. The number of piperidine rings is 1. The summed E-state index contributed by atoms with van der Waals surface area (Å²) >= 11 is 0. The fraction of sp³-hybridized carbons (Fsp3) is 0.500. The lowest BCUT2D eigenvalue weighted by molar-refractivity contribution is 0.0447. The van der Waals surface area contributed by atoms with Crippen molar-refractivity contribution in [2.75, 3.05) is 37.7 Å². The summed E-state index contributed by atoms with van der Waals surface area (Å²) < 4.78 is 37.5. The monoisotopic (exact) mass is 601 g/mol. The maximum absolute atomic E-state index is 16.8. The molecule has 2 aromatic carbocycles. The van der Waals surface area contributed by atoms with E-state index in [2.05, 4.69) is 20.9 Å². The number of aromatic nitrogens is 3. The van der Waals surface area contributed by atoms with Gasteiger partial charge in [-0.05, 0) is 86.4 Å². The Bertz CT molecular complexity index is 1780. The van der Waals surface area contributed by atoms with Crippen LogP contribution < -0.4 is 9.64 Å². The first-order valence-electron chi connectivity index (χ1n) is 15.8. The van der Waals surface area contributed by atoms with Gasteiger partial charge in [-0.25, -0.2) is 8.78 Å². The molecule has 3 aliphatic heterocycles. The smallest absolute Gasteiger partial charge is 0.319 e. The van der Waals surface area contributed by atoms with Gasteiger partial charge in [-0.3, -0.25) is 9.88 Å². The van der Waals surface area contributed by atoms with E-state index in [9.17, 15) is 14.6 Å². The molecule has 4 fully saturated rings. The number of aromatic hydroxyl groups is 1. The number of hydrogen-bond acceptors (Lipinski definition) is 8. The van der Waals surface area contributed by atoms with Crippen LogP contribution in [0, 0.1) is 5.82 Å². The number of benzene rings is 2. The fourth-order valence-corrected chi connectivity index (χ4v) is 7.93. The van der Waals surface area contributed by atoms with Gasteiger partial charge in [-0.15, -0.1) is 0 Å². The maximum Gasteiger partial charge on any atom is 0.319 e. The number of fused-ring (bicyclic) bond motifs is 3. The van der Waals surface area contributed by atoms with Crippen LogP contribution in [0.3, 0.4) is 0 Å². The molecule has 4 aliphatic rings. The van der Waals surface area contributed by atoms with Crippen LogP contribution in [0.4, 0.5) is 14.6 Å². The minimum atomic E-state index is -0.925. The van der Waals surface area contributed by atoms with Crippen LogP contribution in [-0.4, -0.2) is 80.2 Å². The number of rotatable bonds is 6. The number of nitrogens with zero attached hydrogens (tertiary/aromatic N) is 5. The lowest BCUT2D eigenvalue weighted by Crippen LogP contribution is -2.46. The van der Waals surface area contributed by atoms with E-state index in [1.54, 1.807) is 25.3 Å². The molecule has 8 nitrogen and oxygen atoms in total. The van der Waals surface area contributed by atoms with E-state index in [4.69, 9.17) is 9.72 Å². The molecule has 1 saturated carbocycles. The number of anilines is 1. The summed E-state index contributed by atoms with van der Waals surface area (Å²) in [7, 11) is 0. The molecule has 2 N–H and O–H groups in total. The van der Waals surface area contributed by atoms with Crippen molar-refractivity contribution in [2.45, 2.75) is 75.1 Å². The molecule has 1 aliphatic carbocycles. The third-order valence-corrected chi connectivity index (χ3v) is 10.1. The molecule has 0 radical (unpaired) electrons. The molecular formula is C34H37F2N5O3. The number of phenols is 1. The van der Waals surface area contributed by atoms with Crippen LogP contribution in [0.25, 0.3) is 32.9 Å². The van der Waals surface area contributed by atoms with E-state index >= 15 is 4.39 Å². The van der Waals surface area contributed by atoms with Crippen molar-refractivity contribution in [3.05, 3.63) is 47.9 Å². The van der Waals surface area contributed by atoms with Gasteiger partial charge < -0.3 is 19.8 Å². The average molecular weight is 602 g/mol. The van der Waals surface area contributed by atoms with E-state index in [1.165, 1.54) is 0 Å². The summed E-state index contributed by atoms with van der Waals surface area (Å²) in [6, 6.07) is 9.28. The molecular weight excluding hydrogens is 564 g/mol. The summed E-state index contributed by atoms with van der Waals surface area (Å²) in [5, 5.41) is 23.7. The predicted octanol–water partition coefficient (Wildman–Crippen LogP) is 5.87. The largest absolute Gasteiger partial charge is 0.508 e. The molecule has 8 rings (SSSR count). The van der Waals surface area contributed by atoms with Gasteiger partial charge in [0, 0.05) is 37.8 Å². The Hall–Kier alpha value is -3.63. The molecule has 4 aromatic rings. The first-order valence-corrected chi connectivity index (χ1v) is 15.8. The maximum atomic E-state index is 16.8. The third kappa shape index (κ3) is 4.74. The van der Waals surface area contributed by atoms with Crippen molar-refractivity contribution in [3.8, 4) is 23.0 Å². The Kier molecular flexibility index (Phi) is 6.47. The van der Waals surface area contributed by atoms with Gasteiger partial charge in [0.25, 0.3) is 0 Å². The highest BCUT2D eigenvalue weighted by Gasteiger charge is 2.49. The minimum Gasteiger partial charge on any atom is -0.508 e. The summed E-state index contributed by atoms with van der Waals surface area (Å²) in [5.41, 5.74) is 0.482. The van der Waals surface area contributed by atoms with E-state index in [1.807, 2.05) is 17.0 Å². The molecule has 0 amide bonds. The van der Waals surface area contributed by atoms with Crippen molar-refractivity contribution in [1.29, 1.82) is 0 Å². The second-order valence-electron chi connectivity index (χ2n) is 13.6. The molecule has 5 heterocycles. The van der Waals surface area contributed by atoms with Crippen molar-refractivity contribution in [1.82, 2.24) is 19.9 Å². The van der Waals surface area contributed by atoms with Crippen LogP contribution in [0.5, 0.6) is 11.8 Å². The van der Waals surface area contributed by atoms with Crippen LogP contribution in [-0.2, 0) is 0 Å². The number of aliphatic hydroxyl groups is 1. The molecule has 3 saturated heterocycles. The second kappa shape index (κ2) is 10.2. The molecule has 0 bridgehead atoms. The minimum absolute atomic E-state index is 0.0248. The van der Waals surface area contributed by atoms with Crippen molar-refractivity contribution < 1.29 is 23.7 Å². The van der Waals surface area contributed by atoms with Gasteiger partial charge in [-0.1, -0.05) is 18.2 Å². The lowest BCUT2D eigenvalue weighted by atomic mass is 9.93. The van der Waals surface area contributed by atoms with Crippen molar-refractivity contribution in [3.63, 3.8) is 0 Å². The zero-order valence-corrected chi connectivity index (χ0v) is 24.9. The molecule has 2 aromatic heterocycles. The molecule has 3 atom stereocenters. The lowest BCUT2D eigenvalue weighted by Gasteiger charge is -2.38. The van der Waals surface area contributed by atoms with E-state index < -0.39 is 23.1 Å². The highest BCUT2D eigenvalue weighted by atomic mass is 19.1. The third-order valence-electron chi connectivity index (χ3n) is 10.1. The zero-order chi connectivity index (χ0) is 30.2. The Labute approximate surface area is 254 Å². The van der Waals surface area contributed by atoms with E-state index in [0.717, 1.165) is 55.0 Å². The van der Waals surface area contributed by atoms with E-state index in [-0.39, 0.29) is 29.6 Å². The summed E-state index contributed by atoms with van der Waals surface area (Å²) in [5.74, 6) is 0.272. The van der Waals surface area contributed by atoms with Gasteiger partial charge in [0.1, 0.15) is 35.6 Å². The van der Waals surface area contributed by atoms with Gasteiger partial charge >= 0.3 is 6.01 Å². The predicted molar refractivity (Wildman–Crippen MR) is 164 cm³/mol. The summed E-state index contributed by atoms with van der Waals surface area (Å²) in [6.45, 7) is 4.21. The summed E-state index contributed by atoms with van der Waals surface area (Å²) in [4.78, 5) is 18.1. The Morgan fingerprint density at radius 1 is 1.11 bits per heavy atom. The Balaban J connectivity index is 1.27. The Morgan fingerprint density at radius 2 is 1.95 bits per heavy atom. The second-order valence-corrected chi connectivity index (χ2v) is 13.6. The van der Waals surface area contributed by atoms with Crippen molar-refractivity contribution >= 4 is 27.5 Å². The summed E-state index contributed by atoms with van der Waals surface area (Å²) in [6.07, 6.45) is 6.46. The van der Waals surface area contributed by atoms with Crippen LogP contribution >= 0.6 is 0 Å². The quantitative estimate of drug-likeness (QED) is 0.283. The SMILES string of the molecule is C[C@@]1(O)CCCN(c2nc(OC[C@@]34CCCN3C[C@H](F)C4)nc3c(F)c(-c4cc(O)cc5cccc(C6CC6)c45)ncc23)C1. The zero-order valence-electron chi connectivity index (χ0n) is 24.9. The van der Waals surface area contributed by atoms with Gasteiger partial charge in [0.2, 0.25) is 0 Å². The first kappa shape index (κ1) is 27.9. The number of phenolic OH excluding ortho intramolecular Hbond substituents is 1. The van der Waals surface area contributed by atoms with E-state index in [0.29, 0.717) is 55.2 Å².